The van der Waals surface area contributed by atoms with Gasteiger partial charge in [-0.15, -0.1) is 0 Å². The molecule has 0 saturated heterocycles. The van der Waals surface area contributed by atoms with E-state index in [0.717, 1.165) is 25.8 Å². The minimum absolute atomic E-state index is 0.358. The summed E-state index contributed by atoms with van der Waals surface area (Å²) in [6.45, 7) is 5.01. The lowest BCUT2D eigenvalue weighted by Gasteiger charge is -2.27. The quantitative estimate of drug-likeness (QED) is 0.809. The number of carbonyl (C=O) groups is 1. The Balaban J connectivity index is 2.18. The predicted octanol–water partition coefficient (Wildman–Crippen LogP) is 3.31. The van der Waals surface area contributed by atoms with Gasteiger partial charge in [-0.05, 0) is 55.5 Å². The molecular weight excluding hydrogens is 266 g/mol. The first kappa shape index (κ1) is 15.8. The van der Waals surface area contributed by atoms with Crippen LogP contribution in [-0.4, -0.2) is 23.7 Å². The van der Waals surface area contributed by atoms with Crippen molar-refractivity contribution in [3.05, 3.63) is 29.3 Å². The number of rotatable bonds is 7. The van der Waals surface area contributed by atoms with Gasteiger partial charge in [-0.25, -0.2) is 4.79 Å². The molecule has 0 aromatic heterocycles. The van der Waals surface area contributed by atoms with Crippen LogP contribution in [0.1, 0.15) is 56.7 Å². The summed E-state index contributed by atoms with van der Waals surface area (Å²) >= 11 is 0. The van der Waals surface area contributed by atoms with Crippen LogP contribution in [0.4, 0.5) is 0 Å². The molecule has 2 rings (SSSR count). The summed E-state index contributed by atoms with van der Waals surface area (Å²) in [7, 11) is 0. The van der Waals surface area contributed by atoms with Crippen LogP contribution in [0.5, 0.6) is 5.75 Å². The largest absolute Gasteiger partial charge is 0.479 e. The van der Waals surface area contributed by atoms with Crippen molar-refractivity contribution in [1.29, 1.82) is 0 Å². The maximum atomic E-state index is 11.2. The maximum absolute atomic E-state index is 11.2. The normalized spacial score (nSPS) is 18.9. The lowest BCUT2D eigenvalue weighted by molar-refractivity contribution is -0.145. The number of hydrogen-bond donors (Lipinski definition) is 2. The van der Waals surface area contributed by atoms with Crippen LogP contribution < -0.4 is 10.1 Å². The molecule has 21 heavy (non-hydrogen) atoms. The number of nitrogens with one attached hydrogen (secondary N) is 1. The number of ether oxygens (including phenoxy) is 1. The molecule has 0 amide bonds. The van der Waals surface area contributed by atoms with Crippen molar-refractivity contribution in [2.75, 3.05) is 6.54 Å². The van der Waals surface area contributed by atoms with Gasteiger partial charge in [0, 0.05) is 6.04 Å². The zero-order chi connectivity index (χ0) is 15.2. The van der Waals surface area contributed by atoms with Crippen LogP contribution >= 0.6 is 0 Å². The van der Waals surface area contributed by atoms with Crippen LogP contribution in [0.2, 0.25) is 0 Å². The van der Waals surface area contributed by atoms with Gasteiger partial charge in [0.15, 0.2) is 6.10 Å². The van der Waals surface area contributed by atoms with Crippen LogP contribution in [0.15, 0.2) is 18.2 Å². The highest BCUT2D eigenvalue weighted by atomic mass is 16.5. The molecular formula is C17H25NO3. The monoisotopic (exact) mass is 291 g/mol. The van der Waals surface area contributed by atoms with E-state index in [1.54, 1.807) is 0 Å². The highest BCUT2D eigenvalue weighted by molar-refractivity contribution is 5.72. The summed E-state index contributed by atoms with van der Waals surface area (Å²) < 4.78 is 5.68. The first-order valence-corrected chi connectivity index (χ1v) is 7.91. The van der Waals surface area contributed by atoms with Crippen molar-refractivity contribution >= 4 is 5.97 Å². The van der Waals surface area contributed by atoms with Gasteiger partial charge in [0.25, 0.3) is 0 Å². The van der Waals surface area contributed by atoms with E-state index >= 15 is 0 Å². The highest BCUT2D eigenvalue weighted by Gasteiger charge is 2.22. The third kappa shape index (κ3) is 3.97. The van der Waals surface area contributed by atoms with Gasteiger partial charge in [-0.2, -0.15) is 0 Å². The first-order valence-electron chi connectivity index (χ1n) is 7.91. The summed E-state index contributed by atoms with van der Waals surface area (Å²) in [5.74, 6) is -0.225. The van der Waals surface area contributed by atoms with E-state index in [2.05, 4.69) is 18.3 Å². The summed E-state index contributed by atoms with van der Waals surface area (Å²) in [4.78, 5) is 11.2. The SMILES string of the molecule is CCCC(Oc1ccc2c(c1)C(NCC)CCC2)C(=O)O. The van der Waals surface area contributed by atoms with Gasteiger partial charge in [-0.1, -0.05) is 26.3 Å². The number of carboxylic acids is 1. The molecule has 0 radical (unpaired) electrons. The molecule has 0 spiro atoms. The van der Waals surface area contributed by atoms with E-state index < -0.39 is 12.1 Å². The fourth-order valence-corrected chi connectivity index (χ4v) is 2.97. The zero-order valence-corrected chi connectivity index (χ0v) is 12.9. The lowest BCUT2D eigenvalue weighted by Crippen LogP contribution is -2.27. The van der Waals surface area contributed by atoms with Gasteiger partial charge >= 0.3 is 5.97 Å². The number of fused-ring (bicyclic) bond motifs is 1. The van der Waals surface area contributed by atoms with E-state index in [1.165, 1.54) is 17.5 Å². The van der Waals surface area contributed by atoms with Crippen molar-refractivity contribution in [3.8, 4) is 5.75 Å². The minimum Gasteiger partial charge on any atom is -0.479 e. The van der Waals surface area contributed by atoms with Gasteiger partial charge in [0.05, 0.1) is 0 Å². The Morgan fingerprint density at radius 1 is 1.48 bits per heavy atom. The minimum atomic E-state index is -0.891. The van der Waals surface area contributed by atoms with Crippen molar-refractivity contribution in [2.45, 2.75) is 58.1 Å². The Morgan fingerprint density at radius 2 is 2.29 bits per heavy atom. The summed E-state index contributed by atoms with van der Waals surface area (Å²) in [5, 5.41) is 12.7. The standard InChI is InChI=1S/C17H25NO3/c1-3-6-16(17(19)20)21-13-10-9-12-7-5-8-15(18-4-2)14(12)11-13/h9-11,15-16,18H,3-8H2,1-2H3,(H,19,20). The Morgan fingerprint density at radius 3 is 2.95 bits per heavy atom. The molecule has 0 bridgehead atoms. The van der Waals surface area contributed by atoms with E-state index in [-0.39, 0.29) is 0 Å². The molecule has 1 aliphatic carbocycles. The zero-order valence-electron chi connectivity index (χ0n) is 12.9. The third-order valence-corrected chi connectivity index (χ3v) is 3.99. The Hall–Kier alpha value is -1.55. The molecule has 1 aromatic carbocycles. The van der Waals surface area contributed by atoms with E-state index in [1.807, 2.05) is 19.1 Å². The molecule has 2 atom stereocenters. The fraction of sp³-hybridized carbons (Fsp3) is 0.588. The summed E-state index contributed by atoms with van der Waals surface area (Å²) in [6.07, 6.45) is 3.98. The average molecular weight is 291 g/mol. The van der Waals surface area contributed by atoms with Gasteiger partial charge in [0.1, 0.15) is 5.75 Å². The fourth-order valence-electron chi connectivity index (χ4n) is 2.97. The second-order valence-corrected chi connectivity index (χ2v) is 5.60. The number of carboxylic acid groups (broad SMARTS) is 1. The Bertz CT molecular complexity index is 487. The molecule has 2 N–H and O–H groups in total. The van der Waals surface area contributed by atoms with Gasteiger partial charge in [-0.3, -0.25) is 0 Å². The Kier molecular flexibility index (Phi) is 5.62. The molecule has 1 aromatic rings. The molecule has 0 fully saturated rings. The van der Waals surface area contributed by atoms with Crippen molar-refractivity contribution in [3.63, 3.8) is 0 Å². The second-order valence-electron chi connectivity index (χ2n) is 5.60. The van der Waals surface area contributed by atoms with Crippen molar-refractivity contribution in [1.82, 2.24) is 5.32 Å². The highest BCUT2D eigenvalue weighted by Crippen LogP contribution is 2.32. The van der Waals surface area contributed by atoms with E-state index in [4.69, 9.17) is 4.74 Å². The number of benzene rings is 1. The number of aliphatic carboxylic acids is 1. The van der Waals surface area contributed by atoms with Gasteiger partial charge < -0.3 is 15.2 Å². The van der Waals surface area contributed by atoms with Crippen molar-refractivity contribution < 1.29 is 14.6 Å². The van der Waals surface area contributed by atoms with E-state index in [0.29, 0.717) is 18.2 Å². The first-order chi connectivity index (χ1) is 10.2. The second kappa shape index (κ2) is 7.46. The lowest BCUT2D eigenvalue weighted by atomic mass is 9.87. The molecule has 2 unspecified atom stereocenters. The predicted molar refractivity (Wildman–Crippen MR) is 82.8 cm³/mol. The number of hydrogen-bond acceptors (Lipinski definition) is 3. The van der Waals surface area contributed by atoms with Crippen LogP contribution in [0, 0.1) is 0 Å². The molecule has 0 aliphatic heterocycles. The molecule has 4 nitrogen and oxygen atoms in total. The summed E-state index contributed by atoms with van der Waals surface area (Å²) in [6, 6.07) is 6.36. The maximum Gasteiger partial charge on any atom is 0.344 e. The third-order valence-electron chi connectivity index (χ3n) is 3.99. The van der Waals surface area contributed by atoms with Crippen LogP contribution in [0.25, 0.3) is 0 Å². The van der Waals surface area contributed by atoms with E-state index in [9.17, 15) is 9.90 Å². The van der Waals surface area contributed by atoms with Gasteiger partial charge in [0.2, 0.25) is 0 Å². The summed E-state index contributed by atoms with van der Waals surface area (Å²) in [5.41, 5.74) is 2.61. The smallest absolute Gasteiger partial charge is 0.344 e. The Labute approximate surface area is 126 Å². The molecule has 1 aliphatic rings. The molecule has 4 heteroatoms. The van der Waals surface area contributed by atoms with Crippen LogP contribution in [-0.2, 0) is 11.2 Å². The molecule has 0 saturated carbocycles. The molecule has 116 valence electrons. The topological polar surface area (TPSA) is 58.6 Å². The van der Waals surface area contributed by atoms with Crippen LogP contribution in [0.3, 0.4) is 0 Å². The van der Waals surface area contributed by atoms with Crippen molar-refractivity contribution in [2.24, 2.45) is 0 Å². The number of aryl methyl sites for hydroxylation is 1. The molecule has 0 heterocycles. The average Bonchev–Trinajstić information content (AvgIpc) is 2.47.